The SMILES string of the molecule is NC(=O)c1cccc(N)c1Oc1cccc(Cl)c1F. The van der Waals surface area contributed by atoms with Gasteiger partial charge in [-0.15, -0.1) is 0 Å². The Morgan fingerprint density at radius 1 is 1.21 bits per heavy atom. The lowest BCUT2D eigenvalue weighted by molar-refractivity contribution is 0.0998. The standard InChI is InChI=1S/C13H10ClFN2O2/c14-8-4-2-6-10(11(8)15)19-12-7(13(17)18)3-1-5-9(12)16/h1-6H,16H2,(H2,17,18). The number of halogens is 2. The van der Waals surface area contributed by atoms with Gasteiger partial charge in [0.05, 0.1) is 16.3 Å². The van der Waals surface area contributed by atoms with Crippen LogP contribution < -0.4 is 16.2 Å². The van der Waals surface area contributed by atoms with Gasteiger partial charge in [-0.05, 0) is 24.3 Å². The van der Waals surface area contributed by atoms with Crippen LogP contribution >= 0.6 is 11.6 Å². The predicted octanol–water partition coefficient (Wildman–Crippen LogP) is 2.95. The van der Waals surface area contributed by atoms with Crippen LogP contribution in [0.2, 0.25) is 5.02 Å². The van der Waals surface area contributed by atoms with Gasteiger partial charge in [0.25, 0.3) is 5.91 Å². The topological polar surface area (TPSA) is 78.3 Å². The summed E-state index contributed by atoms with van der Waals surface area (Å²) in [7, 11) is 0. The van der Waals surface area contributed by atoms with Gasteiger partial charge in [0, 0.05) is 0 Å². The molecule has 4 N–H and O–H groups in total. The summed E-state index contributed by atoms with van der Waals surface area (Å²) in [6, 6.07) is 8.78. The van der Waals surface area contributed by atoms with Crippen molar-refractivity contribution in [2.45, 2.75) is 0 Å². The third-order valence-electron chi connectivity index (χ3n) is 2.44. The Labute approximate surface area is 113 Å². The summed E-state index contributed by atoms with van der Waals surface area (Å²) < 4.78 is 19.1. The zero-order chi connectivity index (χ0) is 14.0. The summed E-state index contributed by atoms with van der Waals surface area (Å²) in [6.45, 7) is 0. The summed E-state index contributed by atoms with van der Waals surface area (Å²) in [5, 5.41) is -0.0902. The van der Waals surface area contributed by atoms with Crippen molar-refractivity contribution >= 4 is 23.2 Å². The van der Waals surface area contributed by atoms with E-state index >= 15 is 0 Å². The number of amides is 1. The Kier molecular flexibility index (Phi) is 3.57. The molecule has 2 aromatic carbocycles. The van der Waals surface area contributed by atoms with E-state index in [9.17, 15) is 9.18 Å². The zero-order valence-corrected chi connectivity index (χ0v) is 10.4. The second-order valence-corrected chi connectivity index (χ2v) is 4.15. The number of rotatable bonds is 3. The van der Waals surface area contributed by atoms with Crippen LogP contribution in [-0.4, -0.2) is 5.91 Å². The number of primary amides is 1. The first-order valence-electron chi connectivity index (χ1n) is 5.31. The van der Waals surface area contributed by atoms with Crippen LogP contribution in [0, 0.1) is 5.82 Å². The Morgan fingerprint density at radius 3 is 2.58 bits per heavy atom. The Bertz CT molecular complexity index is 647. The average Bonchev–Trinajstić information content (AvgIpc) is 2.36. The molecule has 0 aromatic heterocycles. The van der Waals surface area contributed by atoms with E-state index in [1.54, 1.807) is 6.07 Å². The van der Waals surface area contributed by atoms with Gasteiger partial charge < -0.3 is 16.2 Å². The lowest BCUT2D eigenvalue weighted by Crippen LogP contribution is -2.13. The number of ether oxygens (including phenoxy) is 1. The molecule has 19 heavy (non-hydrogen) atoms. The highest BCUT2D eigenvalue weighted by Crippen LogP contribution is 2.34. The molecule has 0 spiro atoms. The molecule has 2 aromatic rings. The summed E-state index contributed by atoms with van der Waals surface area (Å²) in [5.74, 6) is -1.57. The van der Waals surface area contributed by atoms with Crippen molar-refractivity contribution in [3.05, 3.63) is 52.8 Å². The van der Waals surface area contributed by atoms with Crippen molar-refractivity contribution in [2.24, 2.45) is 5.73 Å². The van der Waals surface area contributed by atoms with E-state index in [1.165, 1.54) is 30.3 Å². The van der Waals surface area contributed by atoms with Crippen LogP contribution in [0.25, 0.3) is 0 Å². The van der Waals surface area contributed by atoms with Crippen molar-refractivity contribution in [3.8, 4) is 11.5 Å². The summed E-state index contributed by atoms with van der Waals surface area (Å²) >= 11 is 5.64. The van der Waals surface area contributed by atoms with Crippen LogP contribution in [0.5, 0.6) is 11.5 Å². The van der Waals surface area contributed by atoms with Gasteiger partial charge in [-0.1, -0.05) is 23.7 Å². The molecule has 0 aliphatic carbocycles. The van der Waals surface area contributed by atoms with Gasteiger partial charge >= 0.3 is 0 Å². The highest BCUT2D eigenvalue weighted by atomic mass is 35.5. The van der Waals surface area contributed by atoms with Crippen molar-refractivity contribution in [1.82, 2.24) is 0 Å². The first-order valence-corrected chi connectivity index (χ1v) is 5.68. The largest absolute Gasteiger partial charge is 0.451 e. The van der Waals surface area contributed by atoms with Crippen LogP contribution in [-0.2, 0) is 0 Å². The summed E-state index contributed by atoms with van der Waals surface area (Å²) in [4.78, 5) is 11.3. The lowest BCUT2D eigenvalue weighted by atomic mass is 10.1. The number of carbonyl (C=O) groups excluding carboxylic acids is 1. The molecule has 0 atom stereocenters. The van der Waals surface area contributed by atoms with E-state index < -0.39 is 11.7 Å². The second kappa shape index (κ2) is 5.16. The van der Waals surface area contributed by atoms with Crippen molar-refractivity contribution in [3.63, 3.8) is 0 Å². The van der Waals surface area contributed by atoms with E-state index in [2.05, 4.69) is 0 Å². The fourth-order valence-electron chi connectivity index (χ4n) is 1.54. The molecule has 0 aliphatic heterocycles. The monoisotopic (exact) mass is 280 g/mol. The molecule has 98 valence electrons. The third kappa shape index (κ3) is 2.61. The van der Waals surface area contributed by atoms with Crippen molar-refractivity contribution in [2.75, 3.05) is 5.73 Å². The molecule has 0 fully saturated rings. The van der Waals surface area contributed by atoms with E-state index in [4.69, 9.17) is 27.8 Å². The fourth-order valence-corrected chi connectivity index (χ4v) is 1.70. The minimum atomic E-state index is -0.733. The molecule has 0 unspecified atom stereocenters. The minimum absolute atomic E-state index is 0.0103. The van der Waals surface area contributed by atoms with E-state index in [-0.39, 0.29) is 27.8 Å². The van der Waals surface area contributed by atoms with E-state index in [1.807, 2.05) is 0 Å². The van der Waals surface area contributed by atoms with Gasteiger partial charge in [-0.2, -0.15) is 0 Å². The smallest absolute Gasteiger partial charge is 0.252 e. The number of hydrogen-bond donors (Lipinski definition) is 2. The third-order valence-corrected chi connectivity index (χ3v) is 2.73. The fraction of sp³-hybridized carbons (Fsp3) is 0. The molecular weight excluding hydrogens is 271 g/mol. The summed E-state index contributed by atoms with van der Waals surface area (Å²) in [5.41, 5.74) is 11.2. The number of hydrogen-bond acceptors (Lipinski definition) is 3. The Balaban J connectivity index is 2.49. The number of anilines is 1. The quantitative estimate of drug-likeness (QED) is 0.849. The number of nitrogen functional groups attached to an aromatic ring is 1. The molecule has 0 radical (unpaired) electrons. The van der Waals surface area contributed by atoms with Gasteiger partial charge in [0.2, 0.25) is 0 Å². The predicted molar refractivity (Wildman–Crippen MR) is 70.9 cm³/mol. The number of nitrogens with two attached hydrogens (primary N) is 2. The molecule has 6 heteroatoms. The van der Waals surface area contributed by atoms with Crippen LogP contribution in [0.3, 0.4) is 0 Å². The van der Waals surface area contributed by atoms with Crippen molar-refractivity contribution in [1.29, 1.82) is 0 Å². The van der Waals surface area contributed by atoms with E-state index in [0.717, 1.165) is 0 Å². The Morgan fingerprint density at radius 2 is 1.89 bits per heavy atom. The molecule has 1 amide bonds. The maximum absolute atomic E-state index is 13.7. The zero-order valence-electron chi connectivity index (χ0n) is 9.69. The van der Waals surface area contributed by atoms with Crippen LogP contribution in [0.1, 0.15) is 10.4 Å². The van der Waals surface area contributed by atoms with E-state index in [0.29, 0.717) is 0 Å². The van der Waals surface area contributed by atoms with Gasteiger partial charge in [-0.25, -0.2) is 4.39 Å². The van der Waals surface area contributed by atoms with Gasteiger partial charge in [0.15, 0.2) is 17.3 Å². The minimum Gasteiger partial charge on any atom is -0.451 e. The normalized spacial score (nSPS) is 10.2. The van der Waals surface area contributed by atoms with Gasteiger partial charge in [0.1, 0.15) is 0 Å². The molecule has 2 rings (SSSR count). The molecule has 0 heterocycles. The maximum Gasteiger partial charge on any atom is 0.252 e. The first-order chi connectivity index (χ1) is 9.00. The highest BCUT2D eigenvalue weighted by Gasteiger charge is 2.16. The molecule has 0 bridgehead atoms. The number of benzene rings is 2. The molecular formula is C13H10ClFN2O2. The first kappa shape index (κ1) is 13.2. The molecule has 0 saturated carbocycles. The average molecular weight is 281 g/mol. The van der Waals surface area contributed by atoms with Crippen LogP contribution in [0.15, 0.2) is 36.4 Å². The van der Waals surface area contributed by atoms with Crippen molar-refractivity contribution < 1.29 is 13.9 Å². The molecule has 0 aliphatic rings. The summed E-state index contributed by atoms with van der Waals surface area (Å²) in [6.07, 6.45) is 0. The molecule has 4 nitrogen and oxygen atoms in total. The number of carbonyl (C=O) groups is 1. The lowest BCUT2D eigenvalue weighted by Gasteiger charge is -2.12. The Hall–Kier alpha value is -2.27. The van der Waals surface area contributed by atoms with Gasteiger partial charge in [-0.3, -0.25) is 4.79 Å². The maximum atomic E-state index is 13.7. The number of para-hydroxylation sites is 1. The van der Waals surface area contributed by atoms with Crippen LogP contribution in [0.4, 0.5) is 10.1 Å². The molecule has 0 saturated heterocycles. The highest BCUT2D eigenvalue weighted by molar-refractivity contribution is 6.30. The second-order valence-electron chi connectivity index (χ2n) is 3.74.